The third-order valence-corrected chi connectivity index (χ3v) is 5.85. The van der Waals surface area contributed by atoms with Gasteiger partial charge in [0, 0.05) is 23.4 Å². The van der Waals surface area contributed by atoms with Gasteiger partial charge in [0.25, 0.3) is 0 Å². The summed E-state index contributed by atoms with van der Waals surface area (Å²) in [5.41, 5.74) is 0.750. The monoisotopic (exact) mass is 421 g/mol. The van der Waals surface area contributed by atoms with Crippen molar-refractivity contribution in [3.63, 3.8) is 0 Å². The molecule has 1 rings (SSSR count). The summed E-state index contributed by atoms with van der Waals surface area (Å²) in [6, 6.07) is -0.255. The highest BCUT2D eigenvalue weighted by atomic mass is 16.4. The summed E-state index contributed by atoms with van der Waals surface area (Å²) >= 11 is 0. The quantitative estimate of drug-likeness (QED) is 0.491. The standard InChI is InChI=1S/C24H43N3O3/c1-15(2)19(14-17(5)23(29)30)25-18(6)21(24(7,8)9)26-22(28)20-12-10-11-13-27(20)16(3)4/h14-16,19-21,25H,6,10-13H2,1-5,7-9H3,(H,26,28)(H,29,30)/b17-14+. The van der Waals surface area contributed by atoms with Gasteiger partial charge in [-0.2, -0.15) is 0 Å². The first-order chi connectivity index (χ1) is 13.8. The van der Waals surface area contributed by atoms with Gasteiger partial charge in [-0.1, -0.05) is 53.7 Å². The maximum absolute atomic E-state index is 13.2. The lowest BCUT2D eigenvalue weighted by molar-refractivity contribution is -0.132. The van der Waals surface area contributed by atoms with E-state index in [1.807, 2.05) is 13.8 Å². The van der Waals surface area contributed by atoms with Crippen LogP contribution in [0.1, 0.15) is 74.7 Å². The van der Waals surface area contributed by atoms with E-state index in [4.69, 9.17) is 0 Å². The van der Waals surface area contributed by atoms with E-state index in [0.29, 0.717) is 17.3 Å². The molecule has 3 unspecified atom stereocenters. The van der Waals surface area contributed by atoms with Crippen molar-refractivity contribution in [2.45, 2.75) is 98.8 Å². The molecule has 0 spiro atoms. The van der Waals surface area contributed by atoms with Gasteiger partial charge in [0.1, 0.15) is 0 Å². The molecule has 0 saturated carbocycles. The van der Waals surface area contributed by atoms with Gasteiger partial charge in [0.05, 0.1) is 12.1 Å². The average molecular weight is 422 g/mol. The molecule has 3 N–H and O–H groups in total. The second-order valence-electron chi connectivity index (χ2n) is 10.2. The lowest BCUT2D eigenvalue weighted by atomic mass is 9.84. The van der Waals surface area contributed by atoms with Gasteiger partial charge in [-0.05, 0) is 51.5 Å². The Morgan fingerprint density at radius 2 is 1.73 bits per heavy atom. The van der Waals surface area contributed by atoms with Crippen LogP contribution >= 0.6 is 0 Å². The molecule has 1 amide bonds. The number of hydrogen-bond donors (Lipinski definition) is 3. The van der Waals surface area contributed by atoms with Crippen LogP contribution in [0.3, 0.4) is 0 Å². The Kier molecular flexibility index (Phi) is 9.60. The molecule has 0 aromatic heterocycles. The largest absolute Gasteiger partial charge is 0.478 e. The number of carboxylic acid groups (broad SMARTS) is 1. The summed E-state index contributed by atoms with van der Waals surface area (Å²) in [4.78, 5) is 26.8. The number of nitrogens with zero attached hydrogens (tertiary/aromatic N) is 1. The van der Waals surface area contributed by atoms with E-state index in [-0.39, 0.29) is 35.4 Å². The molecule has 1 aliphatic rings. The van der Waals surface area contributed by atoms with Crippen LogP contribution in [0.25, 0.3) is 0 Å². The highest BCUT2D eigenvalue weighted by Crippen LogP contribution is 2.26. The summed E-state index contributed by atoms with van der Waals surface area (Å²) in [5, 5.41) is 15.9. The van der Waals surface area contributed by atoms with Crippen LogP contribution < -0.4 is 10.6 Å². The van der Waals surface area contributed by atoms with Crippen molar-refractivity contribution in [1.29, 1.82) is 0 Å². The first-order valence-electron chi connectivity index (χ1n) is 11.2. The van der Waals surface area contributed by atoms with Crippen LogP contribution in [0, 0.1) is 11.3 Å². The number of hydrogen-bond acceptors (Lipinski definition) is 4. The average Bonchev–Trinajstić information content (AvgIpc) is 2.63. The van der Waals surface area contributed by atoms with Gasteiger partial charge >= 0.3 is 5.97 Å². The smallest absolute Gasteiger partial charge is 0.331 e. The van der Waals surface area contributed by atoms with E-state index in [0.717, 1.165) is 25.8 Å². The van der Waals surface area contributed by atoms with Crippen LogP contribution in [-0.2, 0) is 9.59 Å². The molecule has 0 bridgehead atoms. The summed E-state index contributed by atoms with van der Waals surface area (Å²) in [5.74, 6) is -0.716. The number of likely N-dealkylation sites (tertiary alicyclic amines) is 1. The lowest BCUT2D eigenvalue weighted by Gasteiger charge is -2.41. The minimum atomic E-state index is -0.931. The fraction of sp³-hybridized carbons (Fsp3) is 0.750. The van der Waals surface area contributed by atoms with Crippen LogP contribution in [0.15, 0.2) is 23.9 Å². The van der Waals surface area contributed by atoms with E-state index in [2.05, 4.69) is 56.7 Å². The first-order valence-corrected chi connectivity index (χ1v) is 11.2. The summed E-state index contributed by atoms with van der Waals surface area (Å²) in [6.07, 6.45) is 4.79. The van der Waals surface area contributed by atoms with Gasteiger partial charge in [0.15, 0.2) is 0 Å². The zero-order chi connectivity index (χ0) is 23.2. The van der Waals surface area contributed by atoms with E-state index in [1.54, 1.807) is 13.0 Å². The van der Waals surface area contributed by atoms with Crippen LogP contribution in [0.4, 0.5) is 0 Å². The van der Waals surface area contributed by atoms with Crippen molar-refractivity contribution in [1.82, 2.24) is 15.5 Å². The van der Waals surface area contributed by atoms with Crippen molar-refractivity contribution >= 4 is 11.9 Å². The van der Waals surface area contributed by atoms with E-state index < -0.39 is 5.97 Å². The number of nitrogens with one attached hydrogen (secondary N) is 2. The van der Waals surface area contributed by atoms with Crippen LogP contribution in [0.5, 0.6) is 0 Å². The van der Waals surface area contributed by atoms with Gasteiger partial charge < -0.3 is 15.7 Å². The summed E-state index contributed by atoms with van der Waals surface area (Å²) in [6.45, 7) is 21.3. The molecule has 30 heavy (non-hydrogen) atoms. The fourth-order valence-electron chi connectivity index (χ4n) is 3.96. The Morgan fingerprint density at radius 3 is 2.20 bits per heavy atom. The number of rotatable bonds is 9. The van der Waals surface area contributed by atoms with Crippen molar-refractivity contribution in [2.24, 2.45) is 11.3 Å². The Labute approximate surface area is 183 Å². The molecule has 1 heterocycles. The normalized spacial score (nSPS) is 20.7. The predicted octanol–water partition coefficient (Wildman–Crippen LogP) is 3.94. The SMILES string of the molecule is C=C(NC(/C=C(\C)C(=O)O)C(C)C)C(NC(=O)C1CCCCN1C(C)C)C(C)(C)C. The maximum Gasteiger partial charge on any atom is 0.331 e. The highest BCUT2D eigenvalue weighted by Gasteiger charge is 2.35. The second kappa shape index (κ2) is 11.0. The van der Waals surface area contributed by atoms with Crippen molar-refractivity contribution in [2.75, 3.05) is 6.54 Å². The minimum Gasteiger partial charge on any atom is -0.478 e. The molecule has 172 valence electrons. The fourth-order valence-corrected chi connectivity index (χ4v) is 3.96. The Morgan fingerprint density at radius 1 is 1.13 bits per heavy atom. The van der Waals surface area contributed by atoms with E-state index in [9.17, 15) is 14.7 Å². The molecule has 0 aromatic rings. The molecule has 0 aromatic carbocycles. The Balaban J connectivity index is 3.03. The summed E-state index contributed by atoms with van der Waals surface area (Å²) in [7, 11) is 0. The van der Waals surface area contributed by atoms with Crippen molar-refractivity contribution < 1.29 is 14.7 Å². The number of piperidine rings is 1. The van der Waals surface area contributed by atoms with Gasteiger partial charge in [-0.25, -0.2) is 4.79 Å². The molecule has 3 atom stereocenters. The number of carboxylic acids is 1. The molecular weight excluding hydrogens is 378 g/mol. The number of carbonyl (C=O) groups excluding carboxylic acids is 1. The molecule has 1 fully saturated rings. The zero-order valence-electron chi connectivity index (χ0n) is 20.2. The number of aliphatic carboxylic acids is 1. The van der Waals surface area contributed by atoms with Gasteiger partial charge in [-0.3, -0.25) is 9.69 Å². The Bertz CT molecular complexity index is 647. The van der Waals surface area contributed by atoms with E-state index in [1.165, 1.54) is 0 Å². The molecule has 1 aliphatic heterocycles. The van der Waals surface area contributed by atoms with E-state index >= 15 is 0 Å². The molecular formula is C24H43N3O3. The number of amides is 1. The topological polar surface area (TPSA) is 81.7 Å². The zero-order valence-corrected chi connectivity index (χ0v) is 20.2. The molecule has 6 heteroatoms. The summed E-state index contributed by atoms with van der Waals surface area (Å²) < 4.78 is 0. The van der Waals surface area contributed by atoms with Crippen molar-refractivity contribution in [3.05, 3.63) is 23.9 Å². The third-order valence-electron chi connectivity index (χ3n) is 5.85. The molecule has 1 saturated heterocycles. The van der Waals surface area contributed by atoms with Crippen LogP contribution in [-0.4, -0.2) is 52.6 Å². The molecule has 0 aliphatic carbocycles. The number of carbonyl (C=O) groups is 2. The molecule has 6 nitrogen and oxygen atoms in total. The Hall–Kier alpha value is -1.82. The second-order valence-corrected chi connectivity index (χ2v) is 10.2. The predicted molar refractivity (Wildman–Crippen MR) is 123 cm³/mol. The van der Waals surface area contributed by atoms with Gasteiger partial charge in [0.2, 0.25) is 5.91 Å². The minimum absolute atomic E-state index is 0.0460. The lowest BCUT2D eigenvalue weighted by Crippen LogP contribution is -2.57. The van der Waals surface area contributed by atoms with Gasteiger partial charge in [-0.15, -0.1) is 0 Å². The maximum atomic E-state index is 13.2. The van der Waals surface area contributed by atoms with Crippen molar-refractivity contribution in [3.8, 4) is 0 Å². The molecule has 0 radical (unpaired) electrons. The first kappa shape index (κ1) is 26.2. The van der Waals surface area contributed by atoms with Crippen LogP contribution in [0.2, 0.25) is 0 Å². The third kappa shape index (κ3) is 7.46. The highest BCUT2D eigenvalue weighted by molar-refractivity contribution is 5.86.